The van der Waals surface area contributed by atoms with Crippen molar-refractivity contribution in [2.24, 2.45) is 0 Å². The molecule has 1 fully saturated rings. The zero-order chi connectivity index (χ0) is 20.5. The number of amides is 1. The molecule has 0 saturated carbocycles. The Labute approximate surface area is 170 Å². The Morgan fingerprint density at radius 1 is 1.18 bits per heavy atom. The zero-order valence-corrected chi connectivity index (χ0v) is 18.0. The maximum absolute atomic E-state index is 12.5. The molecule has 0 spiro atoms. The lowest BCUT2D eigenvalue weighted by Gasteiger charge is -2.35. The maximum atomic E-state index is 12.5. The van der Waals surface area contributed by atoms with Crippen LogP contribution in [0.25, 0.3) is 11.4 Å². The number of hydrogen-bond acceptors (Lipinski definition) is 6. The molecule has 0 aliphatic carbocycles. The summed E-state index contributed by atoms with van der Waals surface area (Å²) in [6.07, 6.45) is 0.108. The van der Waals surface area contributed by atoms with Gasteiger partial charge in [-0.2, -0.15) is 0 Å². The Bertz CT molecular complexity index is 818. The quantitative estimate of drug-likeness (QED) is 0.624. The van der Waals surface area contributed by atoms with Gasteiger partial charge in [-0.25, -0.2) is 4.68 Å². The lowest BCUT2D eigenvalue weighted by Crippen LogP contribution is -2.48. The van der Waals surface area contributed by atoms with E-state index in [0.29, 0.717) is 24.1 Å². The largest absolute Gasteiger partial charge is 0.372 e. The highest BCUT2D eigenvalue weighted by atomic mass is 32.2. The Morgan fingerprint density at radius 3 is 2.36 bits per heavy atom. The molecule has 2 N–H and O–H groups in total. The highest BCUT2D eigenvalue weighted by Crippen LogP contribution is 2.26. The molecule has 1 saturated heterocycles. The van der Waals surface area contributed by atoms with Crippen LogP contribution in [0.5, 0.6) is 0 Å². The number of thioether (sulfide) groups is 1. The molecule has 1 aromatic carbocycles. The van der Waals surface area contributed by atoms with Crippen LogP contribution in [-0.4, -0.2) is 56.7 Å². The van der Waals surface area contributed by atoms with E-state index in [1.165, 1.54) is 22.0 Å². The van der Waals surface area contributed by atoms with Crippen LogP contribution in [0.1, 0.15) is 40.2 Å². The predicted molar refractivity (Wildman–Crippen MR) is 112 cm³/mol. The molecule has 152 valence electrons. The van der Waals surface area contributed by atoms with Gasteiger partial charge in [-0.3, -0.25) is 4.79 Å². The van der Waals surface area contributed by atoms with Crippen molar-refractivity contribution in [3.63, 3.8) is 0 Å². The van der Waals surface area contributed by atoms with Crippen molar-refractivity contribution >= 4 is 17.7 Å². The van der Waals surface area contributed by atoms with Crippen LogP contribution in [0, 0.1) is 0 Å². The summed E-state index contributed by atoms with van der Waals surface area (Å²) in [7, 11) is 0. The maximum Gasteiger partial charge on any atom is 0.233 e. The molecule has 0 bridgehead atoms. The first kappa shape index (κ1) is 20.7. The van der Waals surface area contributed by atoms with Gasteiger partial charge in [0.05, 0.1) is 18.0 Å². The van der Waals surface area contributed by atoms with Gasteiger partial charge < -0.3 is 15.5 Å². The van der Waals surface area contributed by atoms with Crippen molar-refractivity contribution in [1.82, 2.24) is 19.8 Å². The summed E-state index contributed by atoms with van der Waals surface area (Å²) >= 11 is 1.31. The number of nitrogens with zero attached hydrogens (tertiary/aromatic N) is 4. The van der Waals surface area contributed by atoms with Gasteiger partial charge in [-0.05, 0) is 24.8 Å². The molecule has 2 atom stereocenters. The summed E-state index contributed by atoms with van der Waals surface area (Å²) in [6, 6.07) is 8.18. The fourth-order valence-electron chi connectivity index (χ4n) is 3.29. The number of carbonyl (C=O) groups excluding carboxylic acids is 1. The first-order valence-corrected chi connectivity index (χ1v) is 10.5. The highest BCUT2D eigenvalue weighted by Gasteiger charge is 2.26. The van der Waals surface area contributed by atoms with Crippen molar-refractivity contribution in [3.8, 4) is 11.4 Å². The van der Waals surface area contributed by atoms with E-state index < -0.39 is 0 Å². The number of aromatic nitrogens is 3. The molecule has 1 aromatic heterocycles. The van der Waals surface area contributed by atoms with Crippen molar-refractivity contribution in [2.45, 2.75) is 57.4 Å². The van der Waals surface area contributed by atoms with E-state index in [4.69, 9.17) is 10.6 Å². The van der Waals surface area contributed by atoms with Crippen LogP contribution in [0.3, 0.4) is 0 Å². The lowest BCUT2D eigenvalue weighted by molar-refractivity contribution is -0.140. The number of hydrogen-bond donors (Lipinski definition) is 1. The van der Waals surface area contributed by atoms with Gasteiger partial charge in [0.1, 0.15) is 0 Å². The van der Waals surface area contributed by atoms with Gasteiger partial charge in [-0.1, -0.05) is 56.8 Å². The van der Waals surface area contributed by atoms with Crippen molar-refractivity contribution < 1.29 is 9.53 Å². The number of nitrogens with two attached hydrogens (primary N) is 1. The lowest BCUT2D eigenvalue weighted by atomic mass is 9.87. The fraction of sp³-hybridized carbons (Fsp3) is 0.550. The van der Waals surface area contributed by atoms with Crippen LogP contribution in [0.4, 0.5) is 0 Å². The normalized spacial score (nSPS) is 20.4. The van der Waals surface area contributed by atoms with Crippen LogP contribution in [0.2, 0.25) is 0 Å². The Kier molecular flexibility index (Phi) is 6.00. The average molecular weight is 404 g/mol. The third-order valence-corrected chi connectivity index (χ3v) is 5.70. The second-order valence-corrected chi connectivity index (χ2v) is 9.29. The summed E-state index contributed by atoms with van der Waals surface area (Å²) in [4.78, 5) is 14.4. The van der Waals surface area contributed by atoms with Gasteiger partial charge in [0.25, 0.3) is 0 Å². The standard InChI is InChI=1S/C20H29N5O2S/c1-13-10-24(11-14(2)27-13)17(26)12-28-19-23-22-18(25(19)21)15-6-8-16(9-7-15)20(3,4)5/h6-9,13-14H,10-12,21H2,1-5H3/t13-,14+. The Morgan fingerprint density at radius 2 is 1.79 bits per heavy atom. The van der Waals surface area contributed by atoms with Crippen LogP contribution in [-0.2, 0) is 14.9 Å². The van der Waals surface area contributed by atoms with E-state index >= 15 is 0 Å². The zero-order valence-electron chi connectivity index (χ0n) is 17.2. The van der Waals surface area contributed by atoms with E-state index in [-0.39, 0.29) is 29.3 Å². The summed E-state index contributed by atoms with van der Waals surface area (Å²) < 4.78 is 7.14. The first-order valence-electron chi connectivity index (χ1n) is 9.52. The molecule has 1 aliphatic heterocycles. The number of ether oxygens (including phenoxy) is 1. The number of morpholine rings is 1. The fourth-order valence-corrected chi connectivity index (χ4v) is 4.05. The number of benzene rings is 1. The molecule has 2 aromatic rings. The summed E-state index contributed by atoms with van der Waals surface area (Å²) in [5.74, 6) is 7.12. The highest BCUT2D eigenvalue weighted by molar-refractivity contribution is 7.99. The minimum Gasteiger partial charge on any atom is -0.372 e. The summed E-state index contributed by atoms with van der Waals surface area (Å²) in [6.45, 7) is 11.7. The van der Waals surface area contributed by atoms with Crippen LogP contribution in [0.15, 0.2) is 29.4 Å². The molecule has 1 aliphatic rings. The van der Waals surface area contributed by atoms with E-state index in [1.54, 1.807) is 0 Å². The third-order valence-electron chi connectivity index (χ3n) is 4.77. The van der Waals surface area contributed by atoms with Crippen LogP contribution >= 0.6 is 11.8 Å². The Hall–Kier alpha value is -2.06. The first-order chi connectivity index (χ1) is 13.1. The van der Waals surface area contributed by atoms with Gasteiger partial charge in [0.15, 0.2) is 5.82 Å². The average Bonchev–Trinajstić information content (AvgIpc) is 2.99. The van der Waals surface area contributed by atoms with Gasteiger partial charge in [0.2, 0.25) is 11.1 Å². The second kappa shape index (κ2) is 8.13. The molecular weight excluding hydrogens is 374 g/mol. The number of rotatable bonds is 4. The monoisotopic (exact) mass is 403 g/mol. The molecule has 7 nitrogen and oxygen atoms in total. The minimum absolute atomic E-state index is 0.0542. The molecule has 8 heteroatoms. The van der Waals surface area contributed by atoms with Gasteiger partial charge >= 0.3 is 0 Å². The summed E-state index contributed by atoms with van der Waals surface area (Å²) in [5.41, 5.74) is 2.23. The molecule has 1 amide bonds. The molecule has 28 heavy (non-hydrogen) atoms. The van der Waals surface area contributed by atoms with Crippen molar-refractivity contribution in [1.29, 1.82) is 0 Å². The van der Waals surface area contributed by atoms with Crippen molar-refractivity contribution in [2.75, 3.05) is 24.7 Å². The smallest absolute Gasteiger partial charge is 0.233 e. The molecule has 2 heterocycles. The van der Waals surface area contributed by atoms with Crippen LogP contribution < -0.4 is 5.84 Å². The SMILES string of the molecule is C[C@@H]1CN(C(=O)CSc2nnc(-c3ccc(C(C)(C)C)cc3)n2N)C[C@H](C)O1. The summed E-state index contributed by atoms with van der Waals surface area (Å²) in [5, 5.41) is 8.91. The van der Waals surface area contributed by atoms with Crippen molar-refractivity contribution in [3.05, 3.63) is 29.8 Å². The van der Waals surface area contributed by atoms with E-state index in [0.717, 1.165) is 5.56 Å². The number of carbonyl (C=O) groups is 1. The van der Waals surface area contributed by atoms with E-state index in [9.17, 15) is 4.79 Å². The predicted octanol–water partition coefficient (Wildman–Crippen LogP) is 2.68. The molecule has 3 rings (SSSR count). The van der Waals surface area contributed by atoms with Gasteiger partial charge in [-0.15, -0.1) is 10.2 Å². The molecule has 0 unspecified atom stereocenters. The van der Waals surface area contributed by atoms with E-state index in [1.807, 2.05) is 30.9 Å². The molecular formula is C20H29N5O2S. The Balaban J connectivity index is 1.65. The molecule has 0 radical (unpaired) electrons. The minimum atomic E-state index is 0.0542. The second-order valence-electron chi connectivity index (χ2n) is 8.35. The topological polar surface area (TPSA) is 86.3 Å². The van der Waals surface area contributed by atoms with Gasteiger partial charge in [0, 0.05) is 18.7 Å². The number of nitrogen functional groups attached to an aromatic ring is 1. The third kappa shape index (κ3) is 4.67. The van der Waals surface area contributed by atoms with E-state index in [2.05, 4.69) is 43.1 Å².